The van der Waals surface area contributed by atoms with Gasteiger partial charge in [-0.25, -0.2) is 0 Å². The lowest BCUT2D eigenvalue weighted by Crippen LogP contribution is -2.30. The second kappa shape index (κ2) is 53.0. The van der Waals surface area contributed by atoms with Gasteiger partial charge in [-0.2, -0.15) is 0 Å². The minimum absolute atomic E-state index is 0.0616. The van der Waals surface area contributed by atoms with Crippen molar-refractivity contribution in [3.63, 3.8) is 0 Å². The van der Waals surface area contributed by atoms with Gasteiger partial charge >= 0.3 is 17.9 Å². The number of rotatable bonds is 53. The fourth-order valence-electron chi connectivity index (χ4n) is 8.80. The van der Waals surface area contributed by atoms with Gasteiger partial charge in [0.2, 0.25) is 0 Å². The van der Waals surface area contributed by atoms with Gasteiger partial charge < -0.3 is 14.2 Å². The van der Waals surface area contributed by atoms with Gasteiger partial charge in [0.15, 0.2) is 6.10 Å². The summed E-state index contributed by atoms with van der Waals surface area (Å²) in [6.45, 7) is 6.68. The summed E-state index contributed by atoms with van der Waals surface area (Å²) in [5.74, 6) is -0.839. The van der Waals surface area contributed by atoms with Gasteiger partial charge in [-0.1, -0.05) is 290 Å². The number of hydrogen-bond acceptors (Lipinski definition) is 6. The number of carbonyl (C=O) groups excluding carboxylic acids is 3. The molecular formula is C57H110O6. The van der Waals surface area contributed by atoms with Gasteiger partial charge in [-0.3, -0.25) is 14.4 Å². The molecule has 63 heavy (non-hydrogen) atoms. The van der Waals surface area contributed by atoms with Crippen molar-refractivity contribution in [2.24, 2.45) is 0 Å². The zero-order valence-electron chi connectivity index (χ0n) is 42.9. The molecule has 0 aromatic carbocycles. The molecule has 0 aromatic rings. The maximum atomic E-state index is 12.8. The highest BCUT2D eigenvalue weighted by atomic mass is 16.6. The van der Waals surface area contributed by atoms with E-state index in [-0.39, 0.29) is 31.1 Å². The SMILES string of the molecule is CCCCCCCCCCCCCCCCCCCCCCCCCC(=O)OCC(COC(=O)CCCCCCCCCCCC)OC(=O)CCCCCCCCCCCCCC. The quantitative estimate of drug-likeness (QED) is 0.0344. The zero-order valence-corrected chi connectivity index (χ0v) is 42.9. The normalized spacial score (nSPS) is 11.9. The topological polar surface area (TPSA) is 78.9 Å². The van der Waals surface area contributed by atoms with E-state index in [1.807, 2.05) is 0 Å². The van der Waals surface area contributed by atoms with Crippen molar-refractivity contribution in [3.8, 4) is 0 Å². The maximum absolute atomic E-state index is 12.8. The molecule has 6 heteroatoms. The average molecular weight is 892 g/mol. The molecule has 0 fully saturated rings. The fraction of sp³-hybridized carbons (Fsp3) is 0.947. The Bertz CT molecular complexity index is 936. The van der Waals surface area contributed by atoms with E-state index in [0.29, 0.717) is 19.3 Å². The van der Waals surface area contributed by atoms with E-state index in [0.717, 1.165) is 57.8 Å². The summed E-state index contributed by atoms with van der Waals surface area (Å²) >= 11 is 0. The monoisotopic (exact) mass is 891 g/mol. The molecular weight excluding hydrogens is 781 g/mol. The largest absolute Gasteiger partial charge is 0.462 e. The first-order chi connectivity index (χ1) is 31.0. The van der Waals surface area contributed by atoms with Gasteiger partial charge in [-0.15, -0.1) is 0 Å². The van der Waals surface area contributed by atoms with E-state index in [9.17, 15) is 14.4 Å². The Morgan fingerprint density at radius 2 is 0.429 bits per heavy atom. The third-order valence-corrected chi connectivity index (χ3v) is 13.1. The standard InChI is InChI=1S/C57H110O6/c1-4-7-10-13-16-19-22-24-25-26-27-28-29-30-31-32-33-34-36-38-41-44-47-50-56(59)62-53-54(52-61-55(58)49-46-43-40-37-21-18-15-12-9-6-3)63-57(60)51-48-45-42-39-35-23-20-17-14-11-8-5-2/h54H,4-53H2,1-3H3. The lowest BCUT2D eigenvalue weighted by molar-refractivity contribution is -0.167. The van der Waals surface area contributed by atoms with Crippen molar-refractivity contribution in [1.82, 2.24) is 0 Å². The summed E-state index contributed by atoms with van der Waals surface area (Å²) in [7, 11) is 0. The van der Waals surface area contributed by atoms with E-state index < -0.39 is 6.10 Å². The minimum Gasteiger partial charge on any atom is -0.462 e. The first-order valence-electron chi connectivity index (χ1n) is 28.5. The minimum atomic E-state index is -0.759. The Balaban J connectivity index is 4.13. The van der Waals surface area contributed by atoms with E-state index >= 15 is 0 Å². The Kier molecular flexibility index (Phi) is 51.7. The van der Waals surface area contributed by atoms with Crippen LogP contribution in [0, 0.1) is 0 Å². The van der Waals surface area contributed by atoms with Gasteiger partial charge in [0.1, 0.15) is 13.2 Å². The summed E-state index contributed by atoms with van der Waals surface area (Å²) in [5, 5.41) is 0. The van der Waals surface area contributed by atoms with Crippen LogP contribution in [0.3, 0.4) is 0 Å². The smallest absolute Gasteiger partial charge is 0.306 e. The summed E-state index contributed by atoms with van der Waals surface area (Å²) < 4.78 is 16.8. The molecule has 0 heterocycles. The molecule has 0 aliphatic rings. The van der Waals surface area contributed by atoms with Crippen LogP contribution >= 0.6 is 0 Å². The zero-order chi connectivity index (χ0) is 45.8. The first-order valence-corrected chi connectivity index (χ1v) is 28.5. The van der Waals surface area contributed by atoms with Crippen LogP contribution in [0.4, 0.5) is 0 Å². The third-order valence-electron chi connectivity index (χ3n) is 13.1. The van der Waals surface area contributed by atoms with E-state index in [1.165, 1.54) is 231 Å². The third kappa shape index (κ3) is 51.3. The van der Waals surface area contributed by atoms with Crippen molar-refractivity contribution >= 4 is 17.9 Å². The van der Waals surface area contributed by atoms with E-state index in [4.69, 9.17) is 14.2 Å². The fourth-order valence-corrected chi connectivity index (χ4v) is 8.80. The average Bonchev–Trinajstić information content (AvgIpc) is 3.28. The molecule has 0 saturated carbocycles. The molecule has 0 aliphatic heterocycles. The van der Waals surface area contributed by atoms with Crippen molar-refractivity contribution in [2.75, 3.05) is 13.2 Å². The van der Waals surface area contributed by atoms with Crippen LogP contribution in [0.2, 0.25) is 0 Å². The van der Waals surface area contributed by atoms with Crippen LogP contribution in [0.25, 0.3) is 0 Å². The molecule has 374 valence electrons. The van der Waals surface area contributed by atoms with Crippen LogP contribution in [0.15, 0.2) is 0 Å². The van der Waals surface area contributed by atoms with Crippen molar-refractivity contribution in [2.45, 2.75) is 335 Å². The molecule has 0 amide bonds. The molecule has 0 aromatic heterocycles. The Morgan fingerprint density at radius 3 is 0.635 bits per heavy atom. The van der Waals surface area contributed by atoms with Gasteiger partial charge in [0, 0.05) is 19.3 Å². The Morgan fingerprint density at radius 1 is 0.254 bits per heavy atom. The molecule has 0 saturated heterocycles. The number of carbonyl (C=O) groups is 3. The van der Waals surface area contributed by atoms with E-state index in [2.05, 4.69) is 20.8 Å². The molecule has 0 N–H and O–H groups in total. The lowest BCUT2D eigenvalue weighted by Gasteiger charge is -2.18. The van der Waals surface area contributed by atoms with Crippen molar-refractivity contribution < 1.29 is 28.6 Å². The van der Waals surface area contributed by atoms with Crippen molar-refractivity contribution in [3.05, 3.63) is 0 Å². The lowest BCUT2D eigenvalue weighted by atomic mass is 10.0. The Labute approximate surface area is 393 Å². The summed E-state index contributed by atoms with van der Waals surface area (Å²) in [6, 6.07) is 0. The number of hydrogen-bond donors (Lipinski definition) is 0. The van der Waals surface area contributed by atoms with Crippen LogP contribution in [0.5, 0.6) is 0 Å². The molecule has 1 atom stereocenters. The number of ether oxygens (including phenoxy) is 3. The predicted molar refractivity (Wildman–Crippen MR) is 270 cm³/mol. The predicted octanol–water partition coefficient (Wildman–Crippen LogP) is 18.8. The summed E-state index contributed by atoms with van der Waals surface area (Å²) in [4.78, 5) is 38.0. The molecule has 0 aliphatic carbocycles. The van der Waals surface area contributed by atoms with Gasteiger partial charge in [0.05, 0.1) is 0 Å². The summed E-state index contributed by atoms with van der Waals surface area (Å²) in [5.41, 5.74) is 0. The highest BCUT2D eigenvalue weighted by Gasteiger charge is 2.19. The van der Waals surface area contributed by atoms with Crippen LogP contribution in [0.1, 0.15) is 329 Å². The second-order valence-corrected chi connectivity index (χ2v) is 19.6. The molecule has 1 unspecified atom stereocenters. The van der Waals surface area contributed by atoms with Gasteiger partial charge in [0.25, 0.3) is 0 Å². The van der Waals surface area contributed by atoms with Crippen LogP contribution < -0.4 is 0 Å². The summed E-state index contributed by atoms with van der Waals surface area (Å²) in [6.07, 6.45) is 58.2. The molecule has 6 nitrogen and oxygen atoms in total. The highest BCUT2D eigenvalue weighted by molar-refractivity contribution is 5.71. The van der Waals surface area contributed by atoms with Crippen LogP contribution in [-0.4, -0.2) is 37.2 Å². The Hall–Kier alpha value is -1.59. The number of unbranched alkanes of at least 4 members (excludes halogenated alkanes) is 42. The molecule has 0 spiro atoms. The second-order valence-electron chi connectivity index (χ2n) is 19.6. The molecule has 0 rings (SSSR count). The maximum Gasteiger partial charge on any atom is 0.306 e. The van der Waals surface area contributed by atoms with Crippen molar-refractivity contribution in [1.29, 1.82) is 0 Å². The number of esters is 3. The molecule has 0 radical (unpaired) electrons. The first kappa shape index (κ1) is 61.4. The van der Waals surface area contributed by atoms with E-state index in [1.54, 1.807) is 0 Å². The van der Waals surface area contributed by atoms with Crippen LogP contribution in [-0.2, 0) is 28.6 Å². The van der Waals surface area contributed by atoms with Gasteiger partial charge in [-0.05, 0) is 19.3 Å². The highest BCUT2D eigenvalue weighted by Crippen LogP contribution is 2.18. The molecule has 0 bridgehead atoms.